The molecule has 1 heterocycles. The zero-order valence-electron chi connectivity index (χ0n) is 17.8. The van der Waals surface area contributed by atoms with Crippen molar-refractivity contribution in [2.75, 3.05) is 20.1 Å². The van der Waals surface area contributed by atoms with Gasteiger partial charge in [0.05, 0.1) is 5.92 Å². The Morgan fingerprint density at radius 3 is 2.23 bits per heavy atom. The topological polar surface area (TPSA) is 67.4 Å². The van der Waals surface area contributed by atoms with E-state index in [-0.39, 0.29) is 18.3 Å². The van der Waals surface area contributed by atoms with Gasteiger partial charge in [0.1, 0.15) is 11.2 Å². The average Bonchev–Trinajstić information content (AvgIpc) is 3.02. The first-order chi connectivity index (χ1) is 14.0. The number of benzene rings is 2. The van der Waals surface area contributed by atoms with Crippen LogP contribution in [0.2, 0.25) is 5.02 Å². The number of esters is 1. The van der Waals surface area contributed by atoms with Crippen molar-refractivity contribution >= 4 is 35.9 Å². The van der Waals surface area contributed by atoms with Gasteiger partial charge >= 0.3 is 5.97 Å². The third-order valence-corrected chi connectivity index (χ3v) is 5.35. The van der Waals surface area contributed by atoms with Crippen LogP contribution in [0, 0.1) is 5.92 Å². The Labute approximate surface area is 189 Å². The number of amides is 1. The van der Waals surface area contributed by atoms with Gasteiger partial charge in [-0.3, -0.25) is 9.59 Å². The lowest BCUT2D eigenvalue weighted by Gasteiger charge is -2.33. The molecule has 1 aliphatic heterocycles. The highest BCUT2D eigenvalue weighted by Crippen LogP contribution is 2.50. The molecule has 0 radical (unpaired) electrons. The largest absolute Gasteiger partial charge is 0.425 e. The average molecular weight is 453 g/mol. The van der Waals surface area contributed by atoms with Gasteiger partial charge in [-0.2, -0.15) is 0 Å². The van der Waals surface area contributed by atoms with Crippen molar-refractivity contribution in [1.29, 1.82) is 0 Å². The van der Waals surface area contributed by atoms with E-state index in [0.717, 1.165) is 18.7 Å². The van der Waals surface area contributed by atoms with Crippen LogP contribution in [-0.4, -0.2) is 32.0 Å². The molecule has 2 unspecified atom stereocenters. The maximum Gasteiger partial charge on any atom is 0.327 e. The van der Waals surface area contributed by atoms with Gasteiger partial charge in [0.25, 0.3) is 0 Å². The molecule has 164 valence electrons. The Bertz CT molecular complexity index is 844. The van der Waals surface area contributed by atoms with Crippen LogP contribution in [-0.2, 0) is 15.0 Å². The number of hydrogen-bond donors (Lipinski definition) is 2. The molecule has 1 amide bonds. The zero-order chi connectivity index (χ0) is 21.4. The number of halogens is 2. The summed E-state index contributed by atoms with van der Waals surface area (Å²) in [6, 6.07) is 14.3. The second kappa shape index (κ2) is 11.9. The molecule has 5 nitrogen and oxygen atoms in total. The third-order valence-electron chi connectivity index (χ3n) is 5.11. The van der Waals surface area contributed by atoms with Crippen molar-refractivity contribution in [3.8, 4) is 5.75 Å². The first-order valence-electron chi connectivity index (χ1n) is 9.97. The molecule has 0 saturated carbocycles. The molecule has 0 fully saturated rings. The first kappa shape index (κ1) is 26.0. The number of rotatable bonds is 6. The van der Waals surface area contributed by atoms with Gasteiger partial charge in [0, 0.05) is 17.6 Å². The molecule has 2 N–H and O–H groups in total. The van der Waals surface area contributed by atoms with E-state index in [0.29, 0.717) is 22.8 Å². The highest BCUT2D eigenvalue weighted by Gasteiger charge is 2.57. The lowest BCUT2D eigenvalue weighted by molar-refractivity contribution is -0.142. The van der Waals surface area contributed by atoms with E-state index in [1.807, 2.05) is 37.3 Å². The van der Waals surface area contributed by atoms with Crippen molar-refractivity contribution in [1.82, 2.24) is 10.6 Å². The second-order valence-electron chi connectivity index (χ2n) is 6.74. The minimum atomic E-state index is -1.20. The third kappa shape index (κ3) is 4.97. The maximum absolute atomic E-state index is 13.0. The van der Waals surface area contributed by atoms with Crippen molar-refractivity contribution in [2.24, 2.45) is 5.92 Å². The van der Waals surface area contributed by atoms with Crippen molar-refractivity contribution < 1.29 is 14.3 Å². The highest BCUT2D eigenvalue weighted by molar-refractivity contribution is 6.30. The Morgan fingerprint density at radius 2 is 1.73 bits per heavy atom. The normalized spacial score (nSPS) is 17.6. The SMILES string of the molecule is CCC(C(=O)NC)C1(c2ccccc2)C(=O)Oc2ccc(Cl)cc21.CCNCC.Cl. The Hall–Kier alpha value is -2.08. The van der Waals surface area contributed by atoms with Crippen LogP contribution in [0.3, 0.4) is 0 Å². The Kier molecular flexibility index (Phi) is 10.3. The van der Waals surface area contributed by atoms with Gasteiger partial charge in [-0.1, -0.05) is 62.7 Å². The molecule has 7 heteroatoms. The van der Waals surface area contributed by atoms with E-state index in [1.54, 1.807) is 25.2 Å². The number of ether oxygens (including phenoxy) is 1. The summed E-state index contributed by atoms with van der Waals surface area (Å²) in [5, 5.41) is 6.28. The first-order valence-corrected chi connectivity index (χ1v) is 10.3. The van der Waals surface area contributed by atoms with Crippen LogP contribution in [0.25, 0.3) is 0 Å². The van der Waals surface area contributed by atoms with E-state index < -0.39 is 17.3 Å². The number of carbonyl (C=O) groups is 2. The highest BCUT2D eigenvalue weighted by atomic mass is 35.5. The zero-order valence-corrected chi connectivity index (χ0v) is 19.4. The molecule has 0 saturated heterocycles. The quantitative estimate of drug-likeness (QED) is 0.504. The van der Waals surface area contributed by atoms with Gasteiger partial charge < -0.3 is 15.4 Å². The summed E-state index contributed by atoms with van der Waals surface area (Å²) in [6.45, 7) is 8.28. The summed E-state index contributed by atoms with van der Waals surface area (Å²) in [4.78, 5) is 25.6. The summed E-state index contributed by atoms with van der Waals surface area (Å²) in [6.07, 6.45) is 0.482. The molecule has 0 spiro atoms. The van der Waals surface area contributed by atoms with Gasteiger partial charge in [0.15, 0.2) is 0 Å². The molecule has 0 bridgehead atoms. The van der Waals surface area contributed by atoms with Crippen molar-refractivity contribution in [2.45, 2.75) is 32.6 Å². The van der Waals surface area contributed by atoms with Gasteiger partial charge in [-0.05, 0) is 43.3 Å². The molecule has 2 aromatic rings. The number of fused-ring (bicyclic) bond motifs is 1. The fourth-order valence-electron chi connectivity index (χ4n) is 3.81. The lowest BCUT2D eigenvalue weighted by Crippen LogP contribution is -2.48. The smallest absolute Gasteiger partial charge is 0.327 e. The molecule has 1 aliphatic rings. The molecule has 0 aromatic heterocycles. The Morgan fingerprint density at radius 1 is 1.10 bits per heavy atom. The number of carbonyl (C=O) groups excluding carboxylic acids is 2. The van der Waals surface area contributed by atoms with E-state index in [9.17, 15) is 9.59 Å². The molecule has 2 atom stereocenters. The Balaban J connectivity index is 0.000000674. The van der Waals surface area contributed by atoms with Crippen LogP contribution in [0.5, 0.6) is 5.75 Å². The standard InChI is InChI=1S/C19H18ClNO3.C4H11N.ClH/c1-3-14(17(22)21-2)19(12-7-5-4-6-8-12)15-11-13(20)9-10-16(15)24-18(19)23;1-3-5-4-2;/h4-11,14H,3H2,1-2H3,(H,21,22);5H,3-4H2,1-2H3;1H. The predicted molar refractivity (Wildman–Crippen MR) is 124 cm³/mol. The fourth-order valence-corrected chi connectivity index (χ4v) is 3.98. The predicted octanol–water partition coefficient (Wildman–Crippen LogP) is 4.35. The van der Waals surface area contributed by atoms with Crippen LogP contribution >= 0.6 is 24.0 Å². The number of nitrogens with one attached hydrogen (secondary N) is 2. The van der Waals surface area contributed by atoms with E-state index in [4.69, 9.17) is 16.3 Å². The summed E-state index contributed by atoms with van der Waals surface area (Å²) < 4.78 is 5.53. The maximum atomic E-state index is 13.0. The molecule has 0 aliphatic carbocycles. The fraction of sp³-hybridized carbons (Fsp3) is 0.391. The van der Waals surface area contributed by atoms with E-state index in [2.05, 4.69) is 24.5 Å². The molecular weight excluding hydrogens is 423 g/mol. The van der Waals surface area contributed by atoms with Gasteiger partial charge in [0.2, 0.25) is 5.91 Å². The van der Waals surface area contributed by atoms with Crippen LogP contribution in [0.15, 0.2) is 48.5 Å². The van der Waals surface area contributed by atoms with E-state index >= 15 is 0 Å². The molecule has 3 rings (SSSR count). The van der Waals surface area contributed by atoms with Crippen molar-refractivity contribution in [3.05, 3.63) is 64.7 Å². The number of hydrogen-bond acceptors (Lipinski definition) is 4. The van der Waals surface area contributed by atoms with Crippen LogP contribution in [0.4, 0.5) is 0 Å². The van der Waals surface area contributed by atoms with Crippen molar-refractivity contribution in [3.63, 3.8) is 0 Å². The van der Waals surface area contributed by atoms with Gasteiger partial charge in [-0.25, -0.2) is 0 Å². The summed E-state index contributed by atoms with van der Waals surface area (Å²) in [7, 11) is 1.57. The molecular formula is C23H30Cl2N2O3. The molecule has 30 heavy (non-hydrogen) atoms. The lowest BCUT2D eigenvalue weighted by atomic mass is 9.65. The minimum Gasteiger partial charge on any atom is -0.425 e. The minimum absolute atomic E-state index is 0. The van der Waals surface area contributed by atoms with Gasteiger partial charge in [-0.15, -0.1) is 12.4 Å². The molecule has 2 aromatic carbocycles. The summed E-state index contributed by atoms with van der Waals surface area (Å²) >= 11 is 6.18. The summed E-state index contributed by atoms with van der Waals surface area (Å²) in [5.41, 5.74) is 0.171. The van der Waals surface area contributed by atoms with Crippen LogP contribution < -0.4 is 15.4 Å². The monoisotopic (exact) mass is 452 g/mol. The van der Waals surface area contributed by atoms with Crippen LogP contribution in [0.1, 0.15) is 38.3 Å². The van der Waals surface area contributed by atoms with E-state index in [1.165, 1.54) is 0 Å². The summed E-state index contributed by atoms with van der Waals surface area (Å²) in [5.74, 6) is -0.791. The second-order valence-corrected chi connectivity index (χ2v) is 7.17.